The van der Waals surface area contributed by atoms with Crippen molar-refractivity contribution in [3.05, 3.63) is 48.3 Å². The highest BCUT2D eigenvalue weighted by Crippen LogP contribution is 2.30. The summed E-state index contributed by atoms with van der Waals surface area (Å²) in [6.45, 7) is 1.67. The number of nitrogens with zero attached hydrogens (tertiary/aromatic N) is 1. The Morgan fingerprint density at radius 2 is 1.89 bits per heavy atom. The summed E-state index contributed by atoms with van der Waals surface area (Å²) in [5, 5.41) is 2.08. The van der Waals surface area contributed by atoms with Gasteiger partial charge in [-0.3, -0.25) is 0 Å². The number of hydrogen-bond acceptors (Lipinski definition) is 1. The molecular formula is C15H12FNO. The van der Waals surface area contributed by atoms with Crippen LogP contribution in [0.3, 0.4) is 0 Å². The number of aromatic nitrogens is 1. The number of hydrogen-bond donors (Lipinski definition) is 0. The Morgan fingerprint density at radius 1 is 1.11 bits per heavy atom. The van der Waals surface area contributed by atoms with Crippen LogP contribution in [0.5, 0.6) is 0 Å². The van der Waals surface area contributed by atoms with Crippen molar-refractivity contribution >= 4 is 21.8 Å². The SMILES string of the molecule is Fc1ccc2c(c1)c1ccccc1n2CC1CO1. The molecule has 3 aromatic rings. The first kappa shape index (κ1) is 10.1. The molecule has 2 nitrogen and oxygen atoms in total. The summed E-state index contributed by atoms with van der Waals surface area (Å²) in [6.07, 6.45) is 0.314. The van der Waals surface area contributed by atoms with Crippen molar-refractivity contribution in [2.45, 2.75) is 12.6 Å². The molecule has 1 saturated heterocycles. The maximum absolute atomic E-state index is 13.4. The molecule has 1 atom stereocenters. The van der Waals surface area contributed by atoms with Gasteiger partial charge in [-0.2, -0.15) is 0 Å². The van der Waals surface area contributed by atoms with Gasteiger partial charge in [-0.05, 0) is 24.3 Å². The van der Waals surface area contributed by atoms with Gasteiger partial charge in [-0.15, -0.1) is 0 Å². The summed E-state index contributed by atoms with van der Waals surface area (Å²) in [5.74, 6) is -0.187. The minimum Gasteiger partial charge on any atom is -0.371 e. The van der Waals surface area contributed by atoms with E-state index in [1.807, 2.05) is 24.3 Å². The van der Waals surface area contributed by atoms with Crippen molar-refractivity contribution in [2.75, 3.05) is 6.61 Å². The highest BCUT2D eigenvalue weighted by atomic mass is 19.1. The molecule has 3 heteroatoms. The largest absolute Gasteiger partial charge is 0.371 e. The quantitative estimate of drug-likeness (QED) is 0.629. The lowest BCUT2D eigenvalue weighted by atomic mass is 10.1. The molecule has 0 spiro atoms. The van der Waals surface area contributed by atoms with E-state index in [2.05, 4.69) is 10.6 Å². The molecule has 4 rings (SSSR count). The van der Waals surface area contributed by atoms with Crippen LogP contribution in [0.2, 0.25) is 0 Å². The second-order valence-electron chi connectivity index (χ2n) is 4.74. The Kier molecular flexibility index (Phi) is 2.00. The van der Waals surface area contributed by atoms with E-state index >= 15 is 0 Å². The number of rotatable bonds is 2. The molecule has 18 heavy (non-hydrogen) atoms. The molecule has 1 aromatic heterocycles. The zero-order valence-electron chi connectivity index (χ0n) is 9.77. The molecule has 1 aliphatic heterocycles. The van der Waals surface area contributed by atoms with E-state index in [4.69, 9.17) is 4.74 Å². The molecular weight excluding hydrogens is 229 g/mol. The third kappa shape index (κ3) is 1.44. The van der Waals surface area contributed by atoms with Crippen LogP contribution in [0.25, 0.3) is 21.8 Å². The number of para-hydroxylation sites is 1. The molecule has 0 aliphatic carbocycles. The highest BCUT2D eigenvalue weighted by molar-refractivity contribution is 6.08. The van der Waals surface area contributed by atoms with E-state index < -0.39 is 0 Å². The third-order valence-corrected chi connectivity index (χ3v) is 3.52. The van der Waals surface area contributed by atoms with Gasteiger partial charge in [0, 0.05) is 21.8 Å². The monoisotopic (exact) mass is 241 g/mol. The fraction of sp³-hybridized carbons (Fsp3) is 0.200. The number of epoxide rings is 1. The summed E-state index contributed by atoms with van der Waals surface area (Å²) >= 11 is 0. The van der Waals surface area contributed by atoms with Crippen LogP contribution in [-0.2, 0) is 11.3 Å². The van der Waals surface area contributed by atoms with Crippen LogP contribution in [0, 0.1) is 5.82 Å². The molecule has 2 aromatic carbocycles. The third-order valence-electron chi connectivity index (χ3n) is 3.52. The average Bonchev–Trinajstić information content (AvgIpc) is 3.15. The maximum atomic E-state index is 13.4. The van der Waals surface area contributed by atoms with Gasteiger partial charge in [0.25, 0.3) is 0 Å². The Bertz CT molecular complexity index is 743. The van der Waals surface area contributed by atoms with Gasteiger partial charge < -0.3 is 9.30 Å². The molecule has 1 unspecified atom stereocenters. The lowest BCUT2D eigenvalue weighted by Gasteiger charge is -2.04. The minimum absolute atomic E-state index is 0.187. The van der Waals surface area contributed by atoms with Crippen molar-refractivity contribution in [3.63, 3.8) is 0 Å². The Hall–Kier alpha value is -1.87. The van der Waals surface area contributed by atoms with E-state index in [0.717, 1.165) is 35.0 Å². The first-order valence-electron chi connectivity index (χ1n) is 6.11. The minimum atomic E-state index is -0.187. The summed E-state index contributed by atoms with van der Waals surface area (Å²) in [7, 11) is 0. The molecule has 1 fully saturated rings. The zero-order valence-corrected chi connectivity index (χ0v) is 9.77. The van der Waals surface area contributed by atoms with Gasteiger partial charge in [0.2, 0.25) is 0 Å². The zero-order chi connectivity index (χ0) is 12.1. The summed E-state index contributed by atoms with van der Waals surface area (Å²) in [4.78, 5) is 0. The smallest absolute Gasteiger partial charge is 0.123 e. The lowest BCUT2D eigenvalue weighted by Crippen LogP contribution is -2.03. The number of halogens is 1. The van der Waals surface area contributed by atoms with E-state index in [0.29, 0.717) is 6.10 Å². The fourth-order valence-electron chi connectivity index (χ4n) is 2.60. The number of ether oxygens (including phenoxy) is 1. The van der Waals surface area contributed by atoms with Crippen molar-refractivity contribution in [2.24, 2.45) is 0 Å². The lowest BCUT2D eigenvalue weighted by molar-refractivity contribution is 0.387. The molecule has 1 aliphatic rings. The predicted octanol–water partition coefficient (Wildman–Crippen LogP) is 3.33. The number of benzene rings is 2. The van der Waals surface area contributed by atoms with Gasteiger partial charge in [0.1, 0.15) is 5.82 Å². The highest BCUT2D eigenvalue weighted by Gasteiger charge is 2.24. The summed E-state index contributed by atoms with van der Waals surface area (Å²) < 4.78 is 20.9. The van der Waals surface area contributed by atoms with Crippen molar-refractivity contribution in [1.29, 1.82) is 0 Å². The Labute approximate surface area is 104 Å². The van der Waals surface area contributed by atoms with Gasteiger partial charge in [-0.1, -0.05) is 18.2 Å². The van der Waals surface area contributed by atoms with Crippen molar-refractivity contribution in [3.8, 4) is 0 Å². The molecule has 0 radical (unpaired) electrons. The van der Waals surface area contributed by atoms with Gasteiger partial charge in [-0.25, -0.2) is 4.39 Å². The topological polar surface area (TPSA) is 17.5 Å². The second kappa shape index (κ2) is 3.56. The van der Waals surface area contributed by atoms with E-state index in [9.17, 15) is 4.39 Å². The standard InChI is InChI=1S/C15H12FNO/c16-10-5-6-15-13(7-10)12-3-1-2-4-14(12)17(15)8-11-9-18-11/h1-7,11H,8-9H2. The van der Waals surface area contributed by atoms with Gasteiger partial charge in [0.15, 0.2) is 0 Å². The van der Waals surface area contributed by atoms with Crippen LogP contribution in [0.1, 0.15) is 0 Å². The molecule has 0 saturated carbocycles. The summed E-state index contributed by atoms with van der Waals surface area (Å²) in [5.41, 5.74) is 2.22. The normalized spacial score (nSPS) is 18.6. The molecule has 0 amide bonds. The van der Waals surface area contributed by atoms with Crippen LogP contribution in [-0.4, -0.2) is 17.3 Å². The fourth-order valence-corrected chi connectivity index (χ4v) is 2.60. The summed E-state index contributed by atoms with van der Waals surface area (Å²) in [6, 6.07) is 13.1. The Morgan fingerprint density at radius 3 is 2.72 bits per heavy atom. The van der Waals surface area contributed by atoms with Crippen molar-refractivity contribution in [1.82, 2.24) is 4.57 Å². The molecule has 90 valence electrons. The van der Waals surface area contributed by atoms with E-state index in [1.54, 1.807) is 6.07 Å². The van der Waals surface area contributed by atoms with Crippen LogP contribution in [0.4, 0.5) is 4.39 Å². The number of fused-ring (bicyclic) bond motifs is 3. The van der Waals surface area contributed by atoms with Gasteiger partial charge >= 0.3 is 0 Å². The van der Waals surface area contributed by atoms with Crippen LogP contribution >= 0.6 is 0 Å². The first-order chi connectivity index (χ1) is 8.83. The second-order valence-corrected chi connectivity index (χ2v) is 4.74. The predicted molar refractivity (Wildman–Crippen MR) is 69.1 cm³/mol. The molecule has 0 N–H and O–H groups in total. The van der Waals surface area contributed by atoms with Crippen LogP contribution < -0.4 is 0 Å². The molecule has 0 bridgehead atoms. The first-order valence-corrected chi connectivity index (χ1v) is 6.11. The average molecular weight is 241 g/mol. The van der Waals surface area contributed by atoms with E-state index in [1.165, 1.54) is 6.07 Å². The molecule has 2 heterocycles. The maximum Gasteiger partial charge on any atom is 0.123 e. The van der Waals surface area contributed by atoms with Gasteiger partial charge in [0.05, 0.1) is 19.3 Å². The Balaban J connectivity index is 2.09. The van der Waals surface area contributed by atoms with Crippen LogP contribution in [0.15, 0.2) is 42.5 Å². The van der Waals surface area contributed by atoms with Crippen molar-refractivity contribution < 1.29 is 9.13 Å². The van der Waals surface area contributed by atoms with E-state index in [-0.39, 0.29) is 5.82 Å².